The summed E-state index contributed by atoms with van der Waals surface area (Å²) < 4.78 is 0. The fourth-order valence-corrected chi connectivity index (χ4v) is 2.64. The minimum absolute atomic E-state index is 0.0166. The number of hydrogen-bond donors (Lipinski definition) is 3. The van der Waals surface area contributed by atoms with Crippen molar-refractivity contribution in [2.45, 2.75) is 13.8 Å². The van der Waals surface area contributed by atoms with Crippen molar-refractivity contribution in [3.05, 3.63) is 50.6 Å². The van der Waals surface area contributed by atoms with Crippen LogP contribution in [0.4, 0.5) is 23.1 Å². The largest absolute Gasteiger partial charge is 0.366 e. The van der Waals surface area contributed by atoms with E-state index in [9.17, 15) is 14.4 Å². The molecule has 0 aliphatic carbocycles. The summed E-state index contributed by atoms with van der Waals surface area (Å²) in [6, 6.07) is 6.08. The maximum atomic E-state index is 12.9. The number of nitrogens with zero attached hydrogens (tertiary/aromatic N) is 5. The van der Waals surface area contributed by atoms with E-state index in [4.69, 9.17) is 5.53 Å². The molecule has 0 bridgehead atoms. The topological polar surface area (TPSA) is 156 Å². The van der Waals surface area contributed by atoms with E-state index < -0.39 is 5.56 Å². The number of anilines is 3. The Kier molecular flexibility index (Phi) is 5.28. The highest BCUT2D eigenvalue weighted by molar-refractivity contribution is 6.08. The quantitative estimate of drug-likeness (QED) is 0.420. The molecule has 3 N–H and O–H groups in total. The lowest BCUT2D eigenvalue weighted by Gasteiger charge is -2.29. The first kappa shape index (κ1) is 18.9. The van der Waals surface area contributed by atoms with Crippen molar-refractivity contribution in [2.24, 2.45) is 11.0 Å². The van der Waals surface area contributed by atoms with Gasteiger partial charge < -0.3 is 5.32 Å². The Labute approximate surface area is 159 Å². The van der Waals surface area contributed by atoms with E-state index in [0.717, 1.165) is 0 Å². The van der Waals surface area contributed by atoms with Crippen LogP contribution in [0.25, 0.3) is 10.4 Å². The second kappa shape index (κ2) is 7.80. The molecule has 1 aromatic carbocycles. The van der Waals surface area contributed by atoms with Crippen LogP contribution in [0.2, 0.25) is 0 Å². The van der Waals surface area contributed by atoms with Gasteiger partial charge in [-0.2, -0.15) is 4.98 Å². The second-order valence-electron chi connectivity index (χ2n) is 6.38. The van der Waals surface area contributed by atoms with Crippen LogP contribution in [0.3, 0.4) is 0 Å². The molecule has 0 saturated heterocycles. The lowest BCUT2D eigenvalue weighted by Crippen LogP contribution is -2.43. The predicted molar refractivity (Wildman–Crippen MR) is 104 cm³/mol. The van der Waals surface area contributed by atoms with E-state index in [0.29, 0.717) is 17.8 Å². The number of carbonyl (C=O) groups is 2. The summed E-state index contributed by atoms with van der Waals surface area (Å²) in [5, 5.41) is 8.98. The summed E-state index contributed by atoms with van der Waals surface area (Å²) in [7, 11) is 0. The molecule has 1 aliphatic rings. The van der Waals surface area contributed by atoms with Crippen LogP contribution in [0, 0.1) is 5.92 Å². The monoisotopic (exact) mass is 382 g/mol. The smallest absolute Gasteiger partial charge is 0.278 e. The average molecular weight is 382 g/mol. The van der Waals surface area contributed by atoms with Crippen molar-refractivity contribution in [1.29, 1.82) is 0 Å². The normalized spacial score (nSPS) is 12.6. The van der Waals surface area contributed by atoms with Crippen molar-refractivity contribution in [3.63, 3.8) is 0 Å². The third-order valence-corrected chi connectivity index (χ3v) is 4.08. The third kappa shape index (κ3) is 3.79. The van der Waals surface area contributed by atoms with Crippen molar-refractivity contribution in [1.82, 2.24) is 9.97 Å². The van der Waals surface area contributed by atoms with E-state index >= 15 is 0 Å². The first-order valence-corrected chi connectivity index (χ1v) is 8.56. The maximum absolute atomic E-state index is 12.9. The van der Waals surface area contributed by atoms with E-state index in [1.807, 2.05) is 0 Å². The van der Waals surface area contributed by atoms with Gasteiger partial charge >= 0.3 is 0 Å². The van der Waals surface area contributed by atoms with Crippen molar-refractivity contribution in [3.8, 4) is 0 Å². The summed E-state index contributed by atoms with van der Waals surface area (Å²) in [6.07, 6.45) is 0. The number of amides is 2. The highest BCUT2D eigenvalue weighted by Gasteiger charge is 2.28. The van der Waals surface area contributed by atoms with Crippen LogP contribution >= 0.6 is 0 Å². The van der Waals surface area contributed by atoms with E-state index in [1.54, 1.807) is 13.8 Å². The number of aromatic nitrogens is 2. The molecule has 2 heterocycles. The van der Waals surface area contributed by atoms with Gasteiger partial charge in [-0.05, 0) is 17.7 Å². The van der Waals surface area contributed by atoms with Crippen LogP contribution in [0.5, 0.6) is 0 Å². The molecular formula is C17H18N8O3. The molecular weight excluding hydrogens is 364 g/mol. The Morgan fingerprint density at radius 3 is 2.68 bits per heavy atom. The SMILES string of the molecule is CC(C)C(=O)Nc1nc2c(c(=O)[nH]1)N(C(=O)c1ccc(N=[N+]=[N-])cc1)CCN2. The van der Waals surface area contributed by atoms with Gasteiger partial charge in [-0.15, -0.1) is 0 Å². The zero-order valence-electron chi connectivity index (χ0n) is 15.3. The Balaban J connectivity index is 1.92. The number of aromatic amines is 1. The minimum Gasteiger partial charge on any atom is -0.366 e. The summed E-state index contributed by atoms with van der Waals surface area (Å²) in [4.78, 5) is 48.0. The van der Waals surface area contributed by atoms with Gasteiger partial charge in [-0.1, -0.05) is 31.1 Å². The summed E-state index contributed by atoms with van der Waals surface area (Å²) >= 11 is 0. The number of benzene rings is 1. The lowest BCUT2D eigenvalue weighted by atomic mass is 10.1. The van der Waals surface area contributed by atoms with E-state index in [1.165, 1.54) is 29.2 Å². The molecule has 2 amide bonds. The van der Waals surface area contributed by atoms with Gasteiger partial charge in [-0.25, -0.2) is 0 Å². The summed E-state index contributed by atoms with van der Waals surface area (Å²) in [5.41, 5.74) is 8.70. The van der Waals surface area contributed by atoms with Gasteiger partial charge in [0.15, 0.2) is 11.5 Å². The molecule has 28 heavy (non-hydrogen) atoms. The molecule has 11 nitrogen and oxygen atoms in total. The van der Waals surface area contributed by atoms with Gasteiger partial charge in [-0.3, -0.25) is 29.6 Å². The number of hydrogen-bond acceptors (Lipinski definition) is 6. The molecule has 0 unspecified atom stereocenters. The van der Waals surface area contributed by atoms with Crippen molar-refractivity contribution < 1.29 is 9.59 Å². The molecule has 1 aromatic heterocycles. The fraction of sp³-hybridized carbons (Fsp3) is 0.294. The van der Waals surface area contributed by atoms with Gasteiger partial charge in [0.05, 0.1) is 0 Å². The number of fused-ring (bicyclic) bond motifs is 1. The first-order valence-electron chi connectivity index (χ1n) is 8.56. The van der Waals surface area contributed by atoms with Crippen LogP contribution in [-0.4, -0.2) is 34.9 Å². The Bertz CT molecular complexity index is 1020. The number of rotatable bonds is 4. The van der Waals surface area contributed by atoms with E-state index in [2.05, 4.69) is 30.6 Å². The Morgan fingerprint density at radius 1 is 1.32 bits per heavy atom. The molecule has 0 fully saturated rings. The van der Waals surface area contributed by atoms with Crippen LogP contribution in [0.1, 0.15) is 24.2 Å². The second-order valence-corrected chi connectivity index (χ2v) is 6.38. The van der Waals surface area contributed by atoms with Gasteiger partial charge in [0.2, 0.25) is 11.9 Å². The summed E-state index contributed by atoms with van der Waals surface area (Å²) in [6.45, 7) is 4.10. The molecule has 2 aromatic rings. The molecule has 0 atom stereocenters. The number of nitrogens with one attached hydrogen (secondary N) is 3. The number of H-pyrrole nitrogens is 1. The molecule has 3 rings (SSSR count). The molecule has 0 radical (unpaired) electrons. The number of carbonyl (C=O) groups excluding carboxylic acids is 2. The highest BCUT2D eigenvalue weighted by atomic mass is 16.2. The Morgan fingerprint density at radius 2 is 2.04 bits per heavy atom. The molecule has 11 heteroatoms. The molecule has 0 spiro atoms. The van der Waals surface area contributed by atoms with Gasteiger partial charge in [0, 0.05) is 35.2 Å². The van der Waals surface area contributed by atoms with Crippen LogP contribution in [0.15, 0.2) is 34.2 Å². The minimum atomic E-state index is -0.546. The summed E-state index contributed by atoms with van der Waals surface area (Å²) in [5.74, 6) is -0.717. The van der Waals surface area contributed by atoms with E-state index in [-0.39, 0.29) is 41.7 Å². The lowest BCUT2D eigenvalue weighted by molar-refractivity contribution is -0.118. The molecule has 0 saturated carbocycles. The van der Waals surface area contributed by atoms with Crippen LogP contribution < -0.4 is 21.1 Å². The molecule has 1 aliphatic heterocycles. The standard InChI is InChI=1S/C17H18N8O3/c1-9(2)14(26)21-17-20-13-12(15(27)22-17)25(8-7-19-13)16(28)10-3-5-11(6-4-10)23-24-18/h3-6,9H,7-8H2,1-2H3,(H3,19,20,21,22,26,27). The highest BCUT2D eigenvalue weighted by Crippen LogP contribution is 2.26. The Hall–Kier alpha value is -3.85. The zero-order chi connectivity index (χ0) is 20.3. The van der Waals surface area contributed by atoms with Gasteiger partial charge in [0.25, 0.3) is 11.5 Å². The first-order chi connectivity index (χ1) is 13.4. The predicted octanol–water partition coefficient (Wildman–Crippen LogP) is 2.38. The average Bonchev–Trinajstić information content (AvgIpc) is 2.67. The molecule has 144 valence electrons. The van der Waals surface area contributed by atoms with Gasteiger partial charge in [0.1, 0.15) is 0 Å². The van der Waals surface area contributed by atoms with Crippen molar-refractivity contribution in [2.75, 3.05) is 28.6 Å². The van der Waals surface area contributed by atoms with Crippen molar-refractivity contribution >= 4 is 35.0 Å². The van der Waals surface area contributed by atoms with Crippen LogP contribution in [-0.2, 0) is 4.79 Å². The fourth-order valence-electron chi connectivity index (χ4n) is 2.64. The zero-order valence-corrected chi connectivity index (χ0v) is 15.3. The number of azide groups is 1. The third-order valence-electron chi connectivity index (χ3n) is 4.08. The maximum Gasteiger partial charge on any atom is 0.278 e.